The average Bonchev–Trinajstić information content (AvgIpc) is 2.67. The predicted molar refractivity (Wildman–Crippen MR) is 103 cm³/mol. The smallest absolute Gasteiger partial charge is 0.128 e. The second-order valence-corrected chi connectivity index (χ2v) is 5.89. The quantitative estimate of drug-likeness (QED) is 0.645. The molecule has 3 rings (SSSR count). The van der Waals surface area contributed by atoms with Crippen LogP contribution in [0.5, 0.6) is 5.75 Å². The summed E-state index contributed by atoms with van der Waals surface area (Å²) in [5.41, 5.74) is 8.70. The van der Waals surface area contributed by atoms with Gasteiger partial charge < -0.3 is 15.8 Å². The molecule has 0 aliphatic heterocycles. The Labute approximate surface area is 148 Å². The van der Waals surface area contributed by atoms with Crippen LogP contribution in [0.2, 0.25) is 0 Å². The number of fused-ring (bicyclic) bond motifs is 1. The van der Waals surface area contributed by atoms with Gasteiger partial charge in [-0.15, -0.1) is 0 Å². The van der Waals surface area contributed by atoms with Crippen molar-refractivity contribution in [1.29, 1.82) is 0 Å². The van der Waals surface area contributed by atoms with Crippen LogP contribution in [0.25, 0.3) is 22.0 Å². The van der Waals surface area contributed by atoms with Crippen LogP contribution in [0.3, 0.4) is 0 Å². The zero-order chi connectivity index (χ0) is 17.6. The molecular formula is C20H24N4O. The summed E-state index contributed by atoms with van der Waals surface area (Å²) in [5.74, 6) is 1.70. The first-order chi connectivity index (χ1) is 12.2. The van der Waals surface area contributed by atoms with E-state index in [0.717, 1.165) is 58.7 Å². The van der Waals surface area contributed by atoms with E-state index in [1.807, 2.05) is 18.3 Å². The Kier molecular flexibility index (Phi) is 5.46. The fourth-order valence-electron chi connectivity index (χ4n) is 2.81. The van der Waals surface area contributed by atoms with Crippen LogP contribution >= 0.6 is 0 Å². The fourth-order valence-corrected chi connectivity index (χ4v) is 2.81. The summed E-state index contributed by atoms with van der Waals surface area (Å²) >= 11 is 0. The molecule has 1 heterocycles. The molecule has 0 saturated carbocycles. The van der Waals surface area contributed by atoms with Gasteiger partial charge in [0.1, 0.15) is 11.6 Å². The molecule has 0 fully saturated rings. The molecule has 0 radical (unpaired) electrons. The minimum absolute atomic E-state index is 0.666. The summed E-state index contributed by atoms with van der Waals surface area (Å²) in [6, 6.07) is 12.4. The first-order valence-electron chi connectivity index (χ1n) is 8.63. The maximum absolute atomic E-state index is 5.63. The number of hydrogen-bond donors (Lipinski definition) is 2. The van der Waals surface area contributed by atoms with Crippen LogP contribution in [0.15, 0.2) is 42.6 Å². The number of ether oxygens (including phenoxy) is 1. The van der Waals surface area contributed by atoms with Crippen molar-refractivity contribution in [2.45, 2.75) is 19.8 Å². The molecule has 5 nitrogen and oxygen atoms in total. The number of benzene rings is 2. The third kappa shape index (κ3) is 3.88. The molecule has 130 valence electrons. The number of aromatic nitrogens is 2. The third-order valence-electron chi connectivity index (χ3n) is 4.18. The van der Waals surface area contributed by atoms with Crippen molar-refractivity contribution in [3.63, 3.8) is 0 Å². The number of rotatable bonds is 7. The average molecular weight is 336 g/mol. The third-order valence-corrected chi connectivity index (χ3v) is 4.18. The van der Waals surface area contributed by atoms with Crippen molar-refractivity contribution < 1.29 is 4.74 Å². The summed E-state index contributed by atoms with van der Waals surface area (Å²) in [4.78, 5) is 8.95. The van der Waals surface area contributed by atoms with E-state index in [1.54, 1.807) is 7.11 Å². The molecule has 3 aromatic rings. The van der Waals surface area contributed by atoms with Crippen LogP contribution in [-0.2, 0) is 6.42 Å². The molecule has 3 N–H and O–H groups in total. The van der Waals surface area contributed by atoms with Crippen molar-refractivity contribution in [3.05, 3.63) is 48.4 Å². The van der Waals surface area contributed by atoms with E-state index in [4.69, 9.17) is 10.5 Å². The maximum atomic E-state index is 5.63. The van der Waals surface area contributed by atoms with E-state index in [2.05, 4.69) is 46.5 Å². The zero-order valence-electron chi connectivity index (χ0n) is 14.7. The van der Waals surface area contributed by atoms with Crippen molar-refractivity contribution in [3.8, 4) is 17.0 Å². The Morgan fingerprint density at radius 3 is 2.80 bits per heavy atom. The van der Waals surface area contributed by atoms with Crippen LogP contribution in [0, 0.1) is 0 Å². The molecule has 0 bridgehead atoms. The molecule has 0 aliphatic rings. The van der Waals surface area contributed by atoms with Crippen molar-refractivity contribution >= 4 is 16.5 Å². The van der Waals surface area contributed by atoms with E-state index in [0.29, 0.717) is 6.54 Å². The van der Waals surface area contributed by atoms with E-state index >= 15 is 0 Å². The Morgan fingerprint density at radius 1 is 1.16 bits per heavy atom. The van der Waals surface area contributed by atoms with Crippen LogP contribution in [0.1, 0.15) is 19.2 Å². The number of aryl methyl sites for hydroxylation is 1. The van der Waals surface area contributed by atoms with E-state index in [1.165, 1.54) is 0 Å². The highest BCUT2D eigenvalue weighted by molar-refractivity contribution is 5.98. The van der Waals surface area contributed by atoms with Crippen LogP contribution in [0.4, 0.5) is 5.69 Å². The highest BCUT2D eigenvalue weighted by Crippen LogP contribution is 2.32. The summed E-state index contributed by atoms with van der Waals surface area (Å²) in [5, 5.41) is 5.77. The molecule has 0 aliphatic carbocycles. The lowest BCUT2D eigenvalue weighted by atomic mass is 10.0. The summed E-state index contributed by atoms with van der Waals surface area (Å²) in [7, 11) is 1.68. The van der Waals surface area contributed by atoms with Gasteiger partial charge in [-0.1, -0.05) is 13.0 Å². The summed E-state index contributed by atoms with van der Waals surface area (Å²) in [6.45, 7) is 3.56. The minimum atomic E-state index is 0.666. The lowest BCUT2D eigenvalue weighted by molar-refractivity contribution is 0.415. The Bertz CT molecular complexity index is 863. The predicted octanol–water partition coefficient (Wildman–Crippen LogP) is 3.63. The lowest BCUT2D eigenvalue weighted by Crippen LogP contribution is -2.08. The second-order valence-electron chi connectivity index (χ2n) is 5.89. The normalized spacial score (nSPS) is 10.8. The molecule has 0 atom stereocenters. The number of nitrogens with one attached hydrogen (secondary N) is 1. The second kappa shape index (κ2) is 7.94. The van der Waals surface area contributed by atoms with E-state index in [9.17, 15) is 0 Å². The SMILES string of the molecule is CCc1nccc(-c2cc(NCCCN)c3cc(OC)ccc3c2)n1. The van der Waals surface area contributed by atoms with Gasteiger partial charge in [-0.3, -0.25) is 0 Å². The molecule has 1 aromatic heterocycles. The van der Waals surface area contributed by atoms with E-state index < -0.39 is 0 Å². The van der Waals surface area contributed by atoms with Gasteiger partial charge >= 0.3 is 0 Å². The van der Waals surface area contributed by atoms with Gasteiger partial charge in [0.2, 0.25) is 0 Å². The Hall–Kier alpha value is -2.66. The van der Waals surface area contributed by atoms with Crippen molar-refractivity contribution in [1.82, 2.24) is 9.97 Å². The largest absolute Gasteiger partial charge is 0.497 e. The van der Waals surface area contributed by atoms with Gasteiger partial charge in [-0.05, 0) is 48.7 Å². The van der Waals surface area contributed by atoms with Crippen LogP contribution in [-0.4, -0.2) is 30.2 Å². The first-order valence-corrected chi connectivity index (χ1v) is 8.63. The van der Waals surface area contributed by atoms with Gasteiger partial charge in [0.15, 0.2) is 0 Å². The van der Waals surface area contributed by atoms with Crippen molar-refractivity contribution in [2.75, 3.05) is 25.5 Å². The molecule has 0 unspecified atom stereocenters. The summed E-state index contributed by atoms with van der Waals surface area (Å²) in [6.07, 6.45) is 3.56. The number of nitrogens with two attached hydrogens (primary N) is 1. The lowest BCUT2D eigenvalue weighted by Gasteiger charge is -2.13. The van der Waals surface area contributed by atoms with Gasteiger partial charge in [-0.25, -0.2) is 9.97 Å². The molecule has 2 aromatic carbocycles. The molecule has 0 saturated heterocycles. The van der Waals surface area contributed by atoms with Gasteiger partial charge in [0.05, 0.1) is 12.8 Å². The Morgan fingerprint density at radius 2 is 2.04 bits per heavy atom. The minimum Gasteiger partial charge on any atom is -0.497 e. The highest BCUT2D eigenvalue weighted by atomic mass is 16.5. The van der Waals surface area contributed by atoms with Gasteiger partial charge in [-0.2, -0.15) is 0 Å². The molecule has 5 heteroatoms. The number of methoxy groups -OCH3 is 1. The molecule has 0 amide bonds. The first kappa shape index (κ1) is 17.2. The Balaban J connectivity index is 2.10. The fraction of sp³-hybridized carbons (Fsp3) is 0.300. The van der Waals surface area contributed by atoms with Crippen LogP contribution < -0.4 is 15.8 Å². The van der Waals surface area contributed by atoms with E-state index in [-0.39, 0.29) is 0 Å². The summed E-state index contributed by atoms with van der Waals surface area (Å²) < 4.78 is 5.38. The van der Waals surface area contributed by atoms with Gasteiger partial charge in [0.25, 0.3) is 0 Å². The number of nitrogens with zero attached hydrogens (tertiary/aromatic N) is 2. The van der Waals surface area contributed by atoms with Crippen molar-refractivity contribution in [2.24, 2.45) is 5.73 Å². The molecular weight excluding hydrogens is 312 g/mol. The topological polar surface area (TPSA) is 73.1 Å². The number of hydrogen-bond acceptors (Lipinski definition) is 5. The maximum Gasteiger partial charge on any atom is 0.128 e. The zero-order valence-corrected chi connectivity index (χ0v) is 14.7. The molecule has 0 spiro atoms. The standard InChI is InChI=1S/C20H24N4O/c1-3-20-23-10-7-18(24-20)15-11-14-5-6-16(25-2)13-17(14)19(12-15)22-9-4-8-21/h5-7,10-13,22H,3-4,8-9,21H2,1-2H3. The number of anilines is 1. The monoisotopic (exact) mass is 336 g/mol. The highest BCUT2D eigenvalue weighted by Gasteiger charge is 2.09. The molecule has 25 heavy (non-hydrogen) atoms. The van der Waals surface area contributed by atoms with Gasteiger partial charge in [0, 0.05) is 35.8 Å².